The number of nitrogens with zero attached hydrogens (tertiary/aromatic N) is 1. The first kappa shape index (κ1) is 15.6. The third-order valence-electron chi connectivity index (χ3n) is 2.77. The molecule has 0 aromatic heterocycles. The van der Waals surface area contributed by atoms with Crippen LogP contribution in [0.2, 0.25) is 0 Å². The summed E-state index contributed by atoms with van der Waals surface area (Å²) >= 11 is 3.20. The van der Waals surface area contributed by atoms with Crippen molar-refractivity contribution >= 4 is 21.8 Å². The number of halogens is 2. The molecule has 1 amide bonds. The lowest BCUT2D eigenvalue weighted by Crippen LogP contribution is -2.36. The molecule has 0 aliphatic carbocycles. The fraction of sp³-hybridized carbons (Fsp3) is 0.429. The molecular weight excluding hydrogens is 311 g/mol. The van der Waals surface area contributed by atoms with E-state index in [0.29, 0.717) is 29.4 Å². The van der Waals surface area contributed by atoms with Crippen LogP contribution in [0.1, 0.15) is 25.8 Å². The molecule has 0 atom stereocenters. The van der Waals surface area contributed by atoms with Gasteiger partial charge in [0.25, 0.3) is 0 Å². The fourth-order valence-corrected chi connectivity index (χ4v) is 1.81. The molecule has 0 unspecified atom stereocenters. The highest BCUT2D eigenvalue weighted by Crippen LogP contribution is 2.16. The highest BCUT2D eigenvalue weighted by molar-refractivity contribution is 9.10. The van der Waals surface area contributed by atoms with E-state index in [1.54, 1.807) is 26.0 Å². The van der Waals surface area contributed by atoms with E-state index in [1.165, 1.54) is 6.07 Å². The van der Waals surface area contributed by atoms with Crippen LogP contribution in [-0.4, -0.2) is 12.5 Å². The number of nitriles is 1. The van der Waals surface area contributed by atoms with Crippen molar-refractivity contribution < 1.29 is 9.18 Å². The van der Waals surface area contributed by atoms with Crippen LogP contribution in [0.25, 0.3) is 0 Å². The molecule has 1 aromatic carbocycles. The lowest BCUT2D eigenvalue weighted by atomic mass is 9.95. The van der Waals surface area contributed by atoms with Crippen LogP contribution in [0.3, 0.4) is 0 Å². The summed E-state index contributed by atoms with van der Waals surface area (Å²) in [6, 6.07) is 6.87. The number of hydrogen-bond donors (Lipinski definition) is 1. The summed E-state index contributed by atoms with van der Waals surface area (Å²) < 4.78 is 14.2. The number of rotatable bonds is 5. The topological polar surface area (TPSA) is 52.9 Å². The molecule has 1 aromatic rings. The van der Waals surface area contributed by atoms with Gasteiger partial charge < -0.3 is 5.32 Å². The van der Waals surface area contributed by atoms with Gasteiger partial charge in [-0.05, 0) is 44.4 Å². The van der Waals surface area contributed by atoms with Crippen LogP contribution < -0.4 is 5.32 Å². The maximum absolute atomic E-state index is 13.5. The molecule has 1 rings (SSSR count). The quantitative estimate of drug-likeness (QED) is 0.845. The van der Waals surface area contributed by atoms with Gasteiger partial charge in [0.2, 0.25) is 5.91 Å². The predicted molar refractivity (Wildman–Crippen MR) is 74.8 cm³/mol. The van der Waals surface area contributed by atoms with Crippen molar-refractivity contribution in [3.05, 3.63) is 34.1 Å². The molecule has 0 aliphatic heterocycles. The standard InChI is InChI=1S/C14H16BrFN2O/c1-14(2,9-17)13(19)18-7-3-4-10-5-6-11(15)8-12(10)16/h5-6,8H,3-4,7H2,1-2H3,(H,18,19). The van der Waals surface area contributed by atoms with Gasteiger partial charge in [-0.25, -0.2) is 4.39 Å². The highest BCUT2D eigenvalue weighted by atomic mass is 79.9. The van der Waals surface area contributed by atoms with Crippen LogP contribution in [-0.2, 0) is 11.2 Å². The third-order valence-corrected chi connectivity index (χ3v) is 3.26. The van der Waals surface area contributed by atoms with Crippen LogP contribution in [0.15, 0.2) is 22.7 Å². The minimum atomic E-state index is -1.02. The Hall–Kier alpha value is -1.41. The van der Waals surface area contributed by atoms with Crippen LogP contribution in [0.5, 0.6) is 0 Å². The molecule has 3 nitrogen and oxygen atoms in total. The number of benzene rings is 1. The first-order valence-corrected chi connectivity index (χ1v) is 6.79. The first-order chi connectivity index (χ1) is 8.86. The maximum Gasteiger partial charge on any atom is 0.239 e. The lowest BCUT2D eigenvalue weighted by molar-refractivity contribution is -0.126. The second-order valence-corrected chi connectivity index (χ2v) is 5.75. The van der Waals surface area contributed by atoms with E-state index < -0.39 is 5.41 Å². The summed E-state index contributed by atoms with van der Waals surface area (Å²) in [5.41, 5.74) is -0.403. The summed E-state index contributed by atoms with van der Waals surface area (Å²) in [6.45, 7) is 3.56. The number of hydrogen-bond acceptors (Lipinski definition) is 2. The van der Waals surface area contributed by atoms with Crippen LogP contribution in [0, 0.1) is 22.6 Å². The molecule has 0 bridgehead atoms. The summed E-state index contributed by atoms with van der Waals surface area (Å²) in [5, 5.41) is 11.5. The monoisotopic (exact) mass is 326 g/mol. The van der Waals surface area contributed by atoms with E-state index in [4.69, 9.17) is 5.26 Å². The molecule has 0 heterocycles. The van der Waals surface area contributed by atoms with Crippen molar-refractivity contribution in [3.63, 3.8) is 0 Å². The SMILES string of the molecule is CC(C)(C#N)C(=O)NCCCc1ccc(Br)cc1F. The van der Waals surface area contributed by atoms with Crippen LogP contribution in [0.4, 0.5) is 4.39 Å². The highest BCUT2D eigenvalue weighted by Gasteiger charge is 2.26. The van der Waals surface area contributed by atoms with E-state index in [-0.39, 0.29) is 11.7 Å². The normalized spacial score (nSPS) is 10.9. The Kier molecular flexibility index (Phi) is 5.49. The number of carbonyl (C=O) groups is 1. The van der Waals surface area contributed by atoms with Crippen molar-refractivity contribution in [2.24, 2.45) is 5.41 Å². The largest absolute Gasteiger partial charge is 0.355 e. The molecular formula is C14H16BrFN2O. The average Bonchev–Trinajstić information content (AvgIpc) is 2.36. The van der Waals surface area contributed by atoms with E-state index in [1.807, 2.05) is 6.07 Å². The second-order valence-electron chi connectivity index (χ2n) is 4.83. The van der Waals surface area contributed by atoms with Gasteiger partial charge in [0.15, 0.2) is 0 Å². The number of amides is 1. The van der Waals surface area contributed by atoms with Gasteiger partial charge in [-0.15, -0.1) is 0 Å². The third kappa shape index (κ3) is 4.64. The van der Waals surface area contributed by atoms with Crippen molar-refractivity contribution in [3.8, 4) is 6.07 Å². The van der Waals surface area contributed by atoms with Gasteiger partial charge in [-0.2, -0.15) is 5.26 Å². The first-order valence-electron chi connectivity index (χ1n) is 6.00. The molecule has 0 saturated carbocycles. The summed E-state index contributed by atoms with van der Waals surface area (Å²) in [7, 11) is 0. The van der Waals surface area contributed by atoms with Crippen LogP contribution >= 0.6 is 15.9 Å². The Morgan fingerprint density at radius 2 is 2.21 bits per heavy atom. The molecule has 5 heteroatoms. The predicted octanol–water partition coefficient (Wildman–Crippen LogP) is 3.19. The molecule has 0 aliphatic rings. The van der Waals surface area contributed by atoms with Crippen molar-refractivity contribution in [1.82, 2.24) is 5.32 Å². The fourth-order valence-electron chi connectivity index (χ4n) is 1.48. The number of aryl methyl sites for hydroxylation is 1. The molecule has 1 N–H and O–H groups in total. The molecule has 102 valence electrons. The summed E-state index contributed by atoms with van der Waals surface area (Å²) in [5.74, 6) is -0.552. The van der Waals surface area contributed by atoms with Gasteiger partial charge >= 0.3 is 0 Å². The zero-order valence-electron chi connectivity index (χ0n) is 11.0. The van der Waals surface area contributed by atoms with E-state index in [0.717, 1.165) is 0 Å². The van der Waals surface area contributed by atoms with E-state index in [2.05, 4.69) is 21.2 Å². The Balaban J connectivity index is 2.40. The zero-order valence-corrected chi connectivity index (χ0v) is 12.6. The van der Waals surface area contributed by atoms with E-state index in [9.17, 15) is 9.18 Å². The maximum atomic E-state index is 13.5. The van der Waals surface area contributed by atoms with Crippen molar-refractivity contribution in [1.29, 1.82) is 5.26 Å². The van der Waals surface area contributed by atoms with Crippen molar-refractivity contribution in [2.75, 3.05) is 6.54 Å². The van der Waals surface area contributed by atoms with Gasteiger partial charge in [-0.1, -0.05) is 22.0 Å². The Morgan fingerprint density at radius 1 is 1.53 bits per heavy atom. The molecule has 0 radical (unpaired) electrons. The number of carbonyl (C=O) groups excluding carboxylic acids is 1. The van der Waals surface area contributed by atoms with Gasteiger partial charge in [0.1, 0.15) is 11.2 Å². The summed E-state index contributed by atoms with van der Waals surface area (Å²) in [6.07, 6.45) is 1.18. The summed E-state index contributed by atoms with van der Waals surface area (Å²) in [4.78, 5) is 11.6. The lowest BCUT2D eigenvalue weighted by Gasteiger charge is -2.14. The Morgan fingerprint density at radius 3 is 2.79 bits per heavy atom. The Labute approximate surface area is 120 Å². The molecule has 0 spiro atoms. The van der Waals surface area contributed by atoms with Gasteiger partial charge in [0, 0.05) is 11.0 Å². The smallest absolute Gasteiger partial charge is 0.239 e. The minimum Gasteiger partial charge on any atom is -0.355 e. The Bertz CT molecular complexity index is 509. The van der Waals surface area contributed by atoms with Gasteiger partial charge in [0.05, 0.1) is 6.07 Å². The molecule has 19 heavy (non-hydrogen) atoms. The molecule has 0 saturated heterocycles. The minimum absolute atomic E-state index is 0.252. The average molecular weight is 327 g/mol. The van der Waals surface area contributed by atoms with Crippen molar-refractivity contribution in [2.45, 2.75) is 26.7 Å². The second kappa shape index (κ2) is 6.67. The van der Waals surface area contributed by atoms with E-state index >= 15 is 0 Å². The molecule has 0 fully saturated rings. The zero-order chi connectivity index (χ0) is 14.5. The van der Waals surface area contributed by atoms with Gasteiger partial charge in [-0.3, -0.25) is 4.79 Å². The number of nitrogens with one attached hydrogen (secondary N) is 1.